The maximum atomic E-state index is 11.8. The highest BCUT2D eigenvalue weighted by atomic mass is 16.2. The second-order valence-corrected chi connectivity index (χ2v) is 4.93. The van der Waals surface area contributed by atoms with Gasteiger partial charge in [0.05, 0.1) is 5.69 Å². The minimum Gasteiger partial charge on any atom is -0.349 e. The fraction of sp³-hybridized carbons (Fsp3) is 0.667. The number of carbonyl (C=O) groups excluding carboxylic acids is 1. The molecule has 1 heterocycles. The summed E-state index contributed by atoms with van der Waals surface area (Å²) in [6.45, 7) is 6.59. The summed E-state index contributed by atoms with van der Waals surface area (Å²) >= 11 is 0. The van der Waals surface area contributed by atoms with Crippen molar-refractivity contribution in [2.75, 3.05) is 6.54 Å². The van der Waals surface area contributed by atoms with Gasteiger partial charge in [-0.25, -0.2) is 0 Å². The zero-order valence-electron chi connectivity index (χ0n) is 11.0. The molecule has 0 fully saturated rings. The first-order valence-electron chi connectivity index (χ1n) is 5.96. The molecule has 0 aliphatic heterocycles. The van der Waals surface area contributed by atoms with Crippen molar-refractivity contribution in [3.8, 4) is 0 Å². The van der Waals surface area contributed by atoms with Crippen LogP contribution >= 0.6 is 0 Å². The fourth-order valence-electron chi connectivity index (χ4n) is 1.60. The van der Waals surface area contributed by atoms with Crippen LogP contribution in [0, 0.1) is 5.92 Å². The Bertz CT molecular complexity index is 382. The number of hydrogen-bond acceptors (Lipinski definition) is 3. The summed E-state index contributed by atoms with van der Waals surface area (Å²) in [5.41, 5.74) is 7.13. The van der Waals surface area contributed by atoms with E-state index in [0.717, 1.165) is 12.1 Å². The lowest BCUT2D eigenvalue weighted by atomic mass is 10.1. The first-order chi connectivity index (χ1) is 7.90. The maximum Gasteiger partial charge on any atom is 0.269 e. The van der Waals surface area contributed by atoms with Crippen molar-refractivity contribution >= 4 is 5.91 Å². The molecule has 1 unspecified atom stereocenters. The number of carbonyl (C=O) groups is 1. The molecule has 5 heteroatoms. The van der Waals surface area contributed by atoms with Crippen molar-refractivity contribution in [3.63, 3.8) is 0 Å². The monoisotopic (exact) mass is 238 g/mol. The van der Waals surface area contributed by atoms with Crippen molar-refractivity contribution in [1.29, 1.82) is 0 Å². The molecule has 0 bridgehead atoms. The molecule has 0 aliphatic carbocycles. The molecule has 0 aromatic carbocycles. The molecule has 0 radical (unpaired) electrons. The van der Waals surface area contributed by atoms with E-state index in [1.807, 2.05) is 13.0 Å². The number of nitrogens with one attached hydrogen (secondary N) is 1. The summed E-state index contributed by atoms with van der Waals surface area (Å²) in [7, 11) is 1.78. The van der Waals surface area contributed by atoms with Gasteiger partial charge >= 0.3 is 0 Å². The normalized spacial score (nSPS) is 12.8. The van der Waals surface area contributed by atoms with Crippen LogP contribution in [-0.4, -0.2) is 28.3 Å². The number of aryl methyl sites for hydroxylation is 1. The van der Waals surface area contributed by atoms with Gasteiger partial charge in [0.2, 0.25) is 0 Å². The topological polar surface area (TPSA) is 72.9 Å². The lowest BCUT2D eigenvalue weighted by Crippen LogP contribution is -2.35. The third-order valence-corrected chi connectivity index (χ3v) is 2.37. The molecular weight excluding hydrogens is 216 g/mol. The van der Waals surface area contributed by atoms with Crippen LogP contribution in [0.4, 0.5) is 0 Å². The van der Waals surface area contributed by atoms with E-state index in [1.54, 1.807) is 11.7 Å². The maximum absolute atomic E-state index is 11.8. The van der Waals surface area contributed by atoms with Crippen LogP contribution in [0.15, 0.2) is 6.07 Å². The first-order valence-corrected chi connectivity index (χ1v) is 5.96. The second-order valence-electron chi connectivity index (χ2n) is 4.93. The van der Waals surface area contributed by atoms with Gasteiger partial charge < -0.3 is 11.1 Å². The van der Waals surface area contributed by atoms with Gasteiger partial charge in [-0.2, -0.15) is 5.10 Å². The van der Waals surface area contributed by atoms with Gasteiger partial charge in [0, 0.05) is 19.6 Å². The Morgan fingerprint density at radius 2 is 2.18 bits per heavy atom. The molecule has 17 heavy (non-hydrogen) atoms. The highest BCUT2D eigenvalue weighted by Crippen LogP contribution is 2.08. The van der Waals surface area contributed by atoms with Gasteiger partial charge in [0.25, 0.3) is 5.91 Å². The Morgan fingerprint density at radius 1 is 1.53 bits per heavy atom. The van der Waals surface area contributed by atoms with Crippen molar-refractivity contribution < 1.29 is 4.79 Å². The quantitative estimate of drug-likeness (QED) is 0.793. The van der Waals surface area contributed by atoms with E-state index in [9.17, 15) is 4.79 Å². The Labute approximate surface area is 102 Å². The molecule has 1 aromatic heterocycles. The Balaban J connectivity index is 2.70. The first kappa shape index (κ1) is 13.7. The van der Waals surface area contributed by atoms with E-state index in [1.165, 1.54) is 0 Å². The van der Waals surface area contributed by atoms with Crippen molar-refractivity contribution in [1.82, 2.24) is 15.1 Å². The van der Waals surface area contributed by atoms with Crippen molar-refractivity contribution in [3.05, 3.63) is 17.5 Å². The largest absolute Gasteiger partial charge is 0.349 e. The summed E-state index contributed by atoms with van der Waals surface area (Å²) in [5, 5.41) is 7.10. The summed E-state index contributed by atoms with van der Waals surface area (Å²) < 4.78 is 1.62. The van der Waals surface area contributed by atoms with Crippen LogP contribution in [-0.2, 0) is 13.5 Å². The van der Waals surface area contributed by atoms with Gasteiger partial charge in [-0.3, -0.25) is 9.48 Å². The third kappa shape index (κ3) is 4.19. The van der Waals surface area contributed by atoms with Crippen LogP contribution in [0.25, 0.3) is 0 Å². The number of nitrogens with zero attached hydrogens (tertiary/aromatic N) is 2. The van der Waals surface area contributed by atoms with Crippen LogP contribution < -0.4 is 11.1 Å². The smallest absolute Gasteiger partial charge is 0.269 e. The van der Waals surface area contributed by atoms with Crippen LogP contribution in [0.2, 0.25) is 0 Å². The highest BCUT2D eigenvalue weighted by Gasteiger charge is 2.13. The van der Waals surface area contributed by atoms with Crippen LogP contribution in [0.5, 0.6) is 0 Å². The number of amides is 1. The molecule has 1 atom stereocenters. The summed E-state index contributed by atoms with van der Waals surface area (Å²) in [6, 6.07) is 1.80. The molecule has 1 rings (SSSR count). The summed E-state index contributed by atoms with van der Waals surface area (Å²) in [6.07, 6.45) is 0.883. The molecular formula is C12H22N4O. The second kappa shape index (κ2) is 5.82. The van der Waals surface area contributed by atoms with Gasteiger partial charge in [0.1, 0.15) is 5.69 Å². The van der Waals surface area contributed by atoms with Gasteiger partial charge in [-0.15, -0.1) is 0 Å². The lowest BCUT2D eigenvalue weighted by molar-refractivity contribution is 0.0942. The van der Waals surface area contributed by atoms with Crippen molar-refractivity contribution in [2.24, 2.45) is 18.7 Å². The fourth-order valence-corrected chi connectivity index (χ4v) is 1.60. The number of aromatic nitrogens is 2. The average molecular weight is 238 g/mol. The molecule has 3 N–H and O–H groups in total. The van der Waals surface area contributed by atoms with Gasteiger partial charge in [0.15, 0.2) is 0 Å². The SMILES string of the molecule is CC(C)Cc1cc(C(=O)NCC(C)N)n(C)n1. The number of rotatable bonds is 5. The van der Waals surface area contributed by atoms with E-state index in [-0.39, 0.29) is 11.9 Å². The highest BCUT2D eigenvalue weighted by molar-refractivity contribution is 5.92. The zero-order chi connectivity index (χ0) is 13.0. The minimum atomic E-state index is -0.118. The van der Waals surface area contributed by atoms with E-state index >= 15 is 0 Å². The van der Waals surface area contributed by atoms with E-state index in [4.69, 9.17) is 5.73 Å². The van der Waals surface area contributed by atoms with Crippen LogP contribution in [0.3, 0.4) is 0 Å². The van der Waals surface area contributed by atoms with Gasteiger partial charge in [-0.1, -0.05) is 13.8 Å². The molecule has 0 saturated carbocycles. The molecule has 0 aliphatic rings. The predicted molar refractivity (Wildman–Crippen MR) is 67.7 cm³/mol. The molecule has 5 nitrogen and oxygen atoms in total. The van der Waals surface area contributed by atoms with Gasteiger partial charge in [-0.05, 0) is 25.3 Å². The minimum absolute atomic E-state index is 0.0395. The molecule has 96 valence electrons. The van der Waals surface area contributed by atoms with Crippen LogP contribution in [0.1, 0.15) is 37.0 Å². The summed E-state index contributed by atoms with van der Waals surface area (Å²) in [4.78, 5) is 11.8. The van der Waals surface area contributed by atoms with E-state index in [2.05, 4.69) is 24.3 Å². The molecule has 0 spiro atoms. The summed E-state index contributed by atoms with van der Waals surface area (Å²) in [5.74, 6) is 0.414. The molecule has 1 amide bonds. The predicted octanol–water partition coefficient (Wildman–Crippen LogP) is 0.696. The molecule has 0 saturated heterocycles. The zero-order valence-corrected chi connectivity index (χ0v) is 11.0. The number of nitrogens with two attached hydrogens (primary N) is 1. The standard InChI is InChI=1S/C12H22N4O/c1-8(2)5-10-6-11(16(4)15-10)12(17)14-7-9(3)13/h6,8-9H,5,7,13H2,1-4H3,(H,14,17). The average Bonchev–Trinajstić information content (AvgIpc) is 2.54. The Morgan fingerprint density at radius 3 is 2.71 bits per heavy atom. The van der Waals surface area contributed by atoms with E-state index in [0.29, 0.717) is 18.2 Å². The van der Waals surface area contributed by atoms with E-state index < -0.39 is 0 Å². The number of hydrogen-bond donors (Lipinski definition) is 2. The molecule has 1 aromatic rings. The Hall–Kier alpha value is -1.36. The van der Waals surface area contributed by atoms with Crippen molar-refractivity contribution in [2.45, 2.75) is 33.2 Å². The third-order valence-electron chi connectivity index (χ3n) is 2.37. The lowest BCUT2D eigenvalue weighted by Gasteiger charge is -2.07. The Kier molecular flexibility index (Phi) is 4.69.